The number of rotatable bonds is 6. The first-order valence-electron chi connectivity index (χ1n) is 7.34. The van der Waals surface area contributed by atoms with Gasteiger partial charge in [-0.05, 0) is 30.4 Å². The Hall–Kier alpha value is -1.71. The first-order chi connectivity index (χ1) is 9.59. The molecule has 1 aliphatic carbocycles. The molecule has 1 aliphatic rings. The molecule has 20 heavy (non-hydrogen) atoms. The summed E-state index contributed by atoms with van der Waals surface area (Å²) in [6.45, 7) is 5.49. The van der Waals surface area contributed by atoms with Crippen LogP contribution >= 0.6 is 0 Å². The van der Waals surface area contributed by atoms with Crippen LogP contribution in [0.15, 0.2) is 29.3 Å². The van der Waals surface area contributed by atoms with E-state index in [0.29, 0.717) is 31.1 Å². The molecule has 2 N–H and O–H groups in total. The Balaban J connectivity index is 1.82. The predicted octanol–water partition coefficient (Wildman–Crippen LogP) is 2.60. The highest BCUT2D eigenvalue weighted by atomic mass is 16.5. The van der Waals surface area contributed by atoms with Gasteiger partial charge in [0.1, 0.15) is 12.4 Å². The van der Waals surface area contributed by atoms with Crippen molar-refractivity contribution in [2.45, 2.75) is 38.6 Å². The van der Waals surface area contributed by atoms with Gasteiger partial charge in [0.25, 0.3) is 0 Å². The van der Waals surface area contributed by atoms with E-state index in [1.807, 2.05) is 25.2 Å². The molecule has 2 rings (SSSR count). The number of ether oxygens (including phenoxy) is 1. The molecule has 4 heteroatoms. The second-order valence-corrected chi connectivity index (χ2v) is 5.62. The van der Waals surface area contributed by atoms with Crippen molar-refractivity contribution in [3.05, 3.63) is 29.8 Å². The Morgan fingerprint density at radius 3 is 2.75 bits per heavy atom. The largest absolute Gasteiger partial charge is 0.491 e. The second kappa shape index (κ2) is 6.64. The van der Waals surface area contributed by atoms with Crippen LogP contribution in [-0.2, 0) is 0 Å². The van der Waals surface area contributed by atoms with Crippen LogP contribution in [0.25, 0.3) is 0 Å². The van der Waals surface area contributed by atoms with Crippen LogP contribution in [0.4, 0.5) is 0 Å². The number of nitrogens with two attached hydrogens (primary N) is 1. The van der Waals surface area contributed by atoms with Crippen molar-refractivity contribution in [1.82, 2.24) is 4.90 Å². The number of hydrogen-bond acceptors (Lipinski definition) is 2. The molecule has 1 aromatic carbocycles. The summed E-state index contributed by atoms with van der Waals surface area (Å²) in [7, 11) is 2.01. The Bertz CT molecular complexity index is 467. The number of guanidine groups is 1. The molecule has 0 heterocycles. The summed E-state index contributed by atoms with van der Waals surface area (Å²) in [5, 5.41) is 0. The normalized spacial score (nSPS) is 15.5. The predicted molar refractivity (Wildman–Crippen MR) is 83.3 cm³/mol. The lowest BCUT2D eigenvalue weighted by Gasteiger charge is -2.17. The van der Waals surface area contributed by atoms with Crippen LogP contribution in [0.5, 0.6) is 5.75 Å². The summed E-state index contributed by atoms with van der Waals surface area (Å²) in [6, 6.07) is 8.76. The van der Waals surface area contributed by atoms with E-state index in [4.69, 9.17) is 10.5 Å². The first kappa shape index (κ1) is 14.7. The molecule has 0 aliphatic heterocycles. The van der Waals surface area contributed by atoms with Crippen LogP contribution in [0.1, 0.15) is 38.2 Å². The lowest BCUT2D eigenvalue weighted by atomic mass is 10.0. The van der Waals surface area contributed by atoms with E-state index in [2.05, 4.69) is 29.8 Å². The van der Waals surface area contributed by atoms with Crippen molar-refractivity contribution in [3.63, 3.8) is 0 Å². The van der Waals surface area contributed by atoms with Crippen LogP contribution in [0.3, 0.4) is 0 Å². The number of hydrogen-bond donors (Lipinski definition) is 1. The minimum Gasteiger partial charge on any atom is -0.491 e. The van der Waals surface area contributed by atoms with E-state index in [-0.39, 0.29) is 0 Å². The lowest BCUT2D eigenvalue weighted by Crippen LogP contribution is -2.36. The maximum atomic E-state index is 5.94. The zero-order chi connectivity index (χ0) is 14.5. The number of aliphatic imine (C=N–C) groups is 1. The molecule has 1 fully saturated rings. The van der Waals surface area contributed by atoms with Gasteiger partial charge in [0.2, 0.25) is 0 Å². The molecule has 0 unspecified atom stereocenters. The SMILES string of the molecule is CC(C)c1ccccc1OCCN=C(N)N(C)C1CC1. The van der Waals surface area contributed by atoms with Crippen LogP contribution in [-0.4, -0.2) is 37.1 Å². The fourth-order valence-corrected chi connectivity index (χ4v) is 2.17. The first-order valence-corrected chi connectivity index (χ1v) is 7.34. The highest BCUT2D eigenvalue weighted by molar-refractivity contribution is 5.78. The van der Waals surface area contributed by atoms with Gasteiger partial charge in [-0.1, -0.05) is 32.0 Å². The van der Waals surface area contributed by atoms with E-state index in [0.717, 1.165) is 5.75 Å². The molecule has 110 valence electrons. The molecule has 1 saturated carbocycles. The standard InChI is InChI=1S/C16H25N3O/c1-12(2)14-6-4-5-7-15(14)20-11-10-18-16(17)19(3)13-8-9-13/h4-7,12-13H,8-11H2,1-3H3,(H2,17,18). The molecule has 0 saturated heterocycles. The Morgan fingerprint density at radius 1 is 1.40 bits per heavy atom. The minimum atomic E-state index is 0.459. The zero-order valence-electron chi connectivity index (χ0n) is 12.7. The average Bonchev–Trinajstić information content (AvgIpc) is 3.27. The van der Waals surface area contributed by atoms with Gasteiger partial charge in [-0.15, -0.1) is 0 Å². The fraction of sp³-hybridized carbons (Fsp3) is 0.562. The minimum absolute atomic E-state index is 0.459. The van der Waals surface area contributed by atoms with E-state index in [1.54, 1.807) is 0 Å². The highest BCUT2D eigenvalue weighted by Gasteiger charge is 2.27. The Morgan fingerprint density at radius 2 is 2.10 bits per heavy atom. The molecule has 0 radical (unpaired) electrons. The number of benzene rings is 1. The number of nitrogens with zero attached hydrogens (tertiary/aromatic N) is 2. The molecule has 4 nitrogen and oxygen atoms in total. The van der Waals surface area contributed by atoms with E-state index in [1.165, 1.54) is 18.4 Å². The summed E-state index contributed by atoms with van der Waals surface area (Å²) >= 11 is 0. The van der Waals surface area contributed by atoms with Crippen molar-refractivity contribution < 1.29 is 4.74 Å². The van der Waals surface area contributed by atoms with Gasteiger partial charge in [-0.2, -0.15) is 0 Å². The van der Waals surface area contributed by atoms with E-state index < -0.39 is 0 Å². The highest BCUT2D eigenvalue weighted by Crippen LogP contribution is 2.26. The topological polar surface area (TPSA) is 50.9 Å². The van der Waals surface area contributed by atoms with Gasteiger partial charge in [-0.25, -0.2) is 4.99 Å². The zero-order valence-corrected chi connectivity index (χ0v) is 12.7. The summed E-state index contributed by atoms with van der Waals surface area (Å²) in [6.07, 6.45) is 2.45. The van der Waals surface area contributed by atoms with Crippen molar-refractivity contribution in [2.24, 2.45) is 10.7 Å². The second-order valence-electron chi connectivity index (χ2n) is 5.62. The molecule has 0 bridgehead atoms. The van der Waals surface area contributed by atoms with Gasteiger partial charge in [0, 0.05) is 13.1 Å². The smallest absolute Gasteiger partial charge is 0.191 e. The van der Waals surface area contributed by atoms with Crippen molar-refractivity contribution in [3.8, 4) is 5.75 Å². The summed E-state index contributed by atoms with van der Waals surface area (Å²) in [5.74, 6) is 2.03. The van der Waals surface area contributed by atoms with Gasteiger partial charge in [-0.3, -0.25) is 0 Å². The van der Waals surface area contributed by atoms with Crippen molar-refractivity contribution >= 4 is 5.96 Å². The quantitative estimate of drug-likeness (QED) is 0.493. The van der Waals surface area contributed by atoms with Crippen LogP contribution < -0.4 is 10.5 Å². The molecular weight excluding hydrogens is 250 g/mol. The third kappa shape index (κ3) is 3.89. The monoisotopic (exact) mass is 275 g/mol. The van der Waals surface area contributed by atoms with Crippen molar-refractivity contribution in [2.75, 3.05) is 20.2 Å². The molecule has 0 atom stereocenters. The lowest BCUT2D eigenvalue weighted by molar-refractivity contribution is 0.323. The molecule has 0 amide bonds. The van der Waals surface area contributed by atoms with Crippen LogP contribution in [0.2, 0.25) is 0 Å². The fourth-order valence-electron chi connectivity index (χ4n) is 2.17. The van der Waals surface area contributed by atoms with Gasteiger partial charge in [0.05, 0.1) is 6.54 Å². The Kier molecular flexibility index (Phi) is 4.88. The summed E-state index contributed by atoms with van der Waals surface area (Å²) in [5.41, 5.74) is 7.17. The van der Waals surface area contributed by atoms with Crippen molar-refractivity contribution in [1.29, 1.82) is 0 Å². The molecule has 0 spiro atoms. The molecular formula is C16H25N3O. The maximum Gasteiger partial charge on any atom is 0.191 e. The third-order valence-corrected chi connectivity index (χ3v) is 3.62. The summed E-state index contributed by atoms with van der Waals surface area (Å²) < 4.78 is 5.82. The average molecular weight is 275 g/mol. The van der Waals surface area contributed by atoms with Crippen LogP contribution in [0, 0.1) is 0 Å². The van der Waals surface area contributed by atoms with Gasteiger partial charge in [0.15, 0.2) is 5.96 Å². The molecule has 0 aromatic heterocycles. The summed E-state index contributed by atoms with van der Waals surface area (Å²) in [4.78, 5) is 6.43. The van der Waals surface area contributed by atoms with E-state index >= 15 is 0 Å². The van der Waals surface area contributed by atoms with Gasteiger partial charge >= 0.3 is 0 Å². The Labute approximate surface area is 121 Å². The number of para-hydroxylation sites is 1. The molecule has 1 aromatic rings. The van der Waals surface area contributed by atoms with Gasteiger partial charge < -0.3 is 15.4 Å². The van der Waals surface area contributed by atoms with E-state index in [9.17, 15) is 0 Å². The third-order valence-electron chi connectivity index (χ3n) is 3.62. The maximum absolute atomic E-state index is 5.94.